The zero-order valence-electron chi connectivity index (χ0n) is 11.5. The summed E-state index contributed by atoms with van der Waals surface area (Å²) in [6, 6.07) is 11.5. The van der Waals surface area contributed by atoms with Crippen molar-refractivity contribution in [3.8, 4) is 0 Å². The molecular formula is C16H15FN2O2. The van der Waals surface area contributed by atoms with Crippen molar-refractivity contribution < 1.29 is 8.81 Å². The molecule has 1 atom stereocenters. The quantitative estimate of drug-likeness (QED) is 0.804. The van der Waals surface area contributed by atoms with Crippen molar-refractivity contribution in [2.45, 2.75) is 12.5 Å². The average molecular weight is 286 g/mol. The monoisotopic (exact) mass is 286 g/mol. The van der Waals surface area contributed by atoms with Crippen LogP contribution < -0.4 is 11.5 Å². The lowest BCUT2D eigenvalue weighted by atomic mass is 9.99. The van der Waals surface area contributed by atoms with Crippen LogP contribution in [0.4, 0.5) is 4.39 Å². The number of nitrogens with two attached hydrogens (primary N) is 1. The zero-order valence-corrected chi connectivity index (χ0v) is 11.5. The van der Waals surface area contributed by atoms with Crippen LogP contribution in [0.5, 0.6) is 0 Å². The molecule has 3 aromatic rings. The molecule has 0 aliphatic rings. The molecule has 0 spiro atoms. The highest BCUT2D eigenvalue weighted by Gasteiger charge is 2.12. The van der Waals surface area contributed by atoms with Gasteiger partial charge in [-0.2, -0.15) is 0 Å². The number of halogens is 1. The molecule has 0 aliphatic carbocycles. The van der Waals surface area contributed by atoms with Crippen LogP contribution in [0.15, 0.2) is 51.7 Å². The van der Waals surface area contributed by atoms with E-state index >= 15 is 0 Å². The van der Waals surface area contributed by atoms with Crippen molar-refractivity contribution in [1.29, 1.82) is 0 Å². The second kappa shape index (κ2) is 5.18. The third-order valence-corrected chi connectivity index (χ3v) is 3.59. The number of aryl methyl sites for hydroxylation is 1. The molecule has 5 heteroatoms. The number of fused-ring (bicyclic) bond motifs is 1. The smallest absolute Gasteiger partial charge is 0.408 e. The predicted octanol–water partition coefficient (Wildman–Crippen LogP) is 2.51. The SMILES string of the molecule is Cn1c(=O)oc2cc(C(N)Cc3cccc(F)c3)ccc21. The molecule has 0 saturated heterocycles. The van der Waals surface area contributed by atoms with Crippen LogP contribution in [-0.2, 0) is 13.5 Å². The van der Waals surface area contributed by atoms with E-state index < -0.39 is 5.76 Å². The highest BCUT2D eigenvalue weighted by molar-refractivity contribution is 5.73. The second-order valence-electron chi connectivity index (χ2n) is 5.09. The summed E-state index contributed by atoms with van der Waals surface area (Å²) in [6.45, 7) is 0. The van der Waals surface area contributed by atoms with E-state index in [2.05, 4.69) is 0 Å². The average Bonchev–Trinajstić information content (AvgIpc) is 2.73. The maximum absolute atomic E-state index is 13.2. The highest BCUT2D eigenvalue weighted by atomic mass is 19.1. The lowest BCUT2D eigenvalue weighted by Gasteiger charge is -2.12. The Labute approximate surface area is 120 Å². The van der Waals surface area contributed by atoms with Crippen LogP contribution in [-0.4, -0.2) is 4.57 Å². The first-order valence-corrected chi connectivity index (χ1v) is 6.64. The van der Waals surface area contributed by atoms with Gasteiger partial charge in [-0.3, -0.25) is 4.57 Å². The van der Waals surface area contributed by atoms with E-state index in [1.54, 1.807) is 25.2 Å². The Morgan fingerprint density at radius 1 is 1.29 bits per heavy atom. The van der Waals surface area contributed by atoms with Crippen LogP contribution in [0.2, 0.25) is 0 Å². The second-order valence-corrected chi connectivity index (χ2v) is 5.09. The molecule has 1 heterocycles. The van der Waals surface area contributed by atoms with Crippen molar-refractivity contribution in [1.82, 2.24) is 4.57 Å². The summed E-state index contributed by atoms with van der Waals surface area (Å²) in [5.41, 5.74) is 9.08. The van der Waals surface area contributed by atoms with Gasteiger partial charge in [-0.1, -0.05) is 18.2 Å². The fraction of sp³-hybridized carbons (Fsp3) is 0.188. The third kappa shape index (κ3) is 2.60. The molecule has 0 aliphatic heterocycles. The van der Waals surface area contributed by atoms with Crippen LogP contribution in [0.25, 0.3) is 11.1 Å². The Bertz CT molecular complexity index is 851. The van der Waals surface area contributed by atoms with Gasteiger partial charge in [0.1, 0.15) is 5.82 Å². The van der Waals surface area contributed by atoms with Gasteiger partial charge >= 0.3 is 5.76 Å². The lowest BCUT2D eigenvalue weighted by molar-refractivity contribution is 0.527. The van der Waals surface area contributed by atoms with E-state index in [9.17, 15) is 9.18 Å². The van der Waals surface area contributed by atoms with E-state index in [0.29, 0.717) is 12.0 Å². The molecule has 0 fully saturated rings. The van der Waals surface area contributed by atoms with E-state index in [1.807, 2.05) is 12.1 Å². The number of aromatic nitrogens is 1. The van der Waals surface area contributed by atoms with Gasteiger partial charge in [0, 0.05) is 13.1 Å². The third-order valence-electron chi connectivity index (χ3n) is 3.59. The van der Waals surface area contributed by atoms with Gasteiger partial charge in [-0.15, -0.1) is 0 Å². The zero-order chi connectivity index (χ0) is 15.0. The highest BCUT2D eigenvalue weighted by Crippen LogP contribution is 2.21. The molecule has 21 heavy (non-hydrogen) atoms. The van der Waals surface area contributed by atoms with Crippen molar-refractivity contribution in [2.24, 2.45) is 12.8 Å². The van der Waals surface area contributed by atoms with Crippen LogP contribution in [0, 0.1) is 5.82 Å². The van der Waals surface area contributed by atoms with Crippen molar-refractivity contribution in [2.75, 3.05) is 0 Å². The molecular weight excluding hydrogens is 271 g/mol. The maximum atomic E-state index is 13.2. The minimum atomic E-state index is -0.402. The van der Waals surface area contributed by atoms with Crippen molar-refractivity contribution >= 4 is 11.1 Å². The number of rotatable bonds is 3. The van der Waals surface area contributed by atoms with Gasteiger partial charge in [-0.25, -0.2) is 9.18 Å². The Kier molecular flexibility index (Phi) is 3.35. The Morgan fingerprint density at radius 3 is 2.86 bits per heavy atom. The van der Waals surface area contributed by atoms with E-state index in [-0.39, 0.29) is 11.9 Å². The fourth-order valence-electron chi connectivity index (χ4n) is 2.42. The minimum absolute atomic E-state index is 0.274. The molecule has 0 radical (unpaired) electrons. The summed E-state index contributed by atoms with van der Waals surface area (Å²) >= 11 is 0. The number of hydrogen-bond donors (Lipinski definition) is 1. The summed E-state index contributed by atoms with van der Waals surface area (Å²) in [4.78, 5) is 11.5. The first-order chi connectivity index (χ1) is 10.0. The number of hydrogen-bond acceptors (Lipinski definition) is 3. The first kappa shape index (κ1) is 13.6. The molecule has 0 amide bonds. The Hall–Kier alpha value is -2.40. The van der Waals surface area contributed by atoms with Crippen molar-refractivity contribution in [3.63, 3.8) is 0 Å². The molecule has 2 N–H and O–H groups in total. The molecule has 1 aromatic heterocycles. The molecule has 4 nitrogen and oxygen atoms in total. The van der Waals surface area contributed by atoms with Gasteiger partial charge in [0.05, 0.1) is 5.52 Å². The molecule has 0 bridgehead atoms. The molecule has 2 aromatic carbocycles. The maximum Gasteiger partial charge on any atom is 0.419 e. The van der Waals surface area contributed by atoms with Gasteiger partial charge in [0.25, 0.3) is 0 Å². The standard InChI is InChI=1S/C16H15FN2O2/c1-19-14-6-5-11(9-15(14)21-16(19)20)13(18)8-10-3-2-4-12(17)7-10/h2-7,9,13H,8,18H2,1H3. The fourth-order valence-corrected chi connectivity index (χ4v) is 2.42. The van der Waals surface area contributed by atoms with E-state index in [4.69, 9.17) is 10.2 Å². The topological polar surface area (TPSA) is 61.2 Å². The summed E-state index contributed by atoms with van der Waals surface area (Å²) in [5.74, 6) is -0.676. The van der Waals surface area contributed by atoms with E-state index in [0.717, 1.165) is 16.6 Å². The number of benzene rings is 2. The summed E-state index contributed by atoms with van der Waals surface area (Å²) < 4.78 is 19.8. The number of oxazole rings is 1. The van der Waals surface area contributed by atoms with Crippen LogP contribution in [0.3, 0.4) is 0 Å². The summed E-state index contributed by atoms with van der Waals surface area (Å²) in [7, 11) is 1.65. The normalized spacial score (nSPS) is 12.7. The molecule has 108 valence electrons. The van der Waals surface area contributed by atoms with Crippen LogP contribution in [0.1, 0.15) is 17.2 Å². The van der Waals surface area contributed by atoms with Gasteiger partial charge in [0.2, 0.25) is 0 Å². The number of nitrogens with zero attached hydrogens (tertiary/aromatic N) is 1. The van der Waals surface area contributed by atoms with Crippen molar-refractivity contribution in [3.05, 3.63) is 70.0 Å². The lowest BCUT2D eigenvalue weighted by Crippen LogP contribution is -2.13. The molecule has 0 saturated carbocycles. The van der Waals surface area contributed by atoms with Crippen LogP contribution >= 0.6 is 0 Å². The molecule has 3 rings (SSSR count). The Balaban J connectivity index is 1.91. The summed E-state index contributed by atoms with van der Waals surface area (Å²) in [6.07, 6.45) is 0.514. The predicted molar refractivity (Wildman–Crippen MR) is 78.5 cm³/mol. The Morgan fingerprint density at radius 2 is 2.10 bits per heavy atom. The molecule has 1 unspecified atom stereocenters. The van der Waals surface area contributed by atoms with Gasteiger partial charge < -0.3 is 10.2 Å². The first-order valence-electron chi connectivity index (χ1n) is 6.64. The van der Waals surface area contributed by atoms with E-state index in [1.165, 1.54) is 16.7 Å². The summed E-state index contributed by atoms with van der Waals surface area (Å²) in [5, 5.41) is 0. The minimum Gasteiger partial charge on any atom is -0.408 e. The van der Waals surface area contributed by atoms with Gasteiger partial charge in [-0.05, 0) is 41.8 Å². The van der Waals surface area contributed by atoms with Gasteiger partial charge in [0.15, 0.2) is 5.58 Å². The largest absolute Gasteiger partial charge is 0.419 e.